The van der Waals surface area contributed by atoms with Crippen LogP contribution in [0.2, 0.25) is 0 Å². The van der Waals surface area contributed by atoms with Gasteiger partial charge in [-0.1, -0.05) is 0 Å². The molecule has 0 spiro atoms. The van der Waals surface area contributed by atoms with Crippen LogP contribution in [-0.4, -0.2) is 49.6 Å². The van der Waals surface area contributed by atoms with Crippen LogP contribution in [0.15, 0.2) is 17.1 Å². The van der Waals surface area contributed by atoms with Gasteiger partial charge in [-0.15, -0.1) is 35.3 Å². The van der Waals surface area contributed by atoms with Crippen molar-refractivity contribution < 1.29 is 0 Å². The van der Waals surface area contributed by atoms with E-state index in [-0.39, 0.29) is 24.0 Å². The SMILES string of the molecule is CCNC(=NCCCCN(C)C(C)C)NC(C)Cc1ccc(C)s1.I. The maximum atomic E-state index is 4.72. The lowest BCUT2D eigenvalue weighted by Gasteiger charge is -2.20. The molecule has 0 saturated heterocycles. The number of rotatable bonds is 10. The Kier molecular flexibility index (Phi) is 13.6. The Bertz CT molecular complexity index is 488. The minimum Gasteiger partial charge on any atom is -0.357 e. The van der Waals surface area contributed by atoms with Crippen LogP contribution in [0.4, 0.5) is 0 Å². The first-order valence-corrected chi connectivity index (χ1v) is 10.0. The minimum atomic E-state index is 0. The summed E-state index contributed by atoms with van der Waals surface area (Å²) in [6.07, 6.45) is 3.37. The first-order valence-electron chi connectivity index (χ1n) is 9.22. The molecule has 1 unspecified atom stereocenters. The number of hydrogen-bond acceptors (Lipinski definition) is 3. The monoisotopic (exact) mass is 480 g/mol. The molecule has 2 N–H and O–H groups in total. The normalized spacial score (nSPS) is 13.0. The average Bonchev–Trinajstić information content (AvgIpc) is 2.91. The van der Waals surface area contributed by atoms with Crippen molar-refractivity contribution in [3.8, 4) is 0 Å². The van der Waals surface area contributed by atoms with E-state index in [0.717, 1.165) is 38.4 Å². The third-order valence-corrected chi connectivity index (χ3v) is 5.12. The van der Waals surface area contributed by atoms with Crippen molar-refractivity contribution in [1.82, 2.24) is 15.5 Å². The summed E-state index contributed by atoms with van der Waals surface area (Å²) in [5, 5.41) is 6.88. The Morgan fingerprint density at radius 1 is 1.24 bits per heavy atom. The number of thiophene rings is 1. The maximum Gasteiger partial charge on any atom is 0.191 e. The highest BCUT2D eigenvalue weighted by Crippen LogP contribution is 2.16. The quantitative estimate of drug-likeness (QED) is 0.227. The highest BCUT2D eigenvalue weighted by molar-refractivity contribution is 14.0. The van der Waals surface area contributed by atoms with Gasteiger partial charge in [0.05, 0.1) is 0 Å². The van der Waals surface area contributed by atoms with Crippen LogP contribution in [0.5, 0.6) is 0 Å². The molecule has 0 aliphatic rings. The molecule has 0 radical (unpaired) electrons. The highest BCUT2D eigenvalue weighted by Gasteiger charge is 2.08. The topological polar surface area (TPSA) is 39.7 Å². The zero-order valence-corrected chi connectivity index (χ0v) is 19.9. The number of aryl methyl sites for hydroxylation is 1. The first kappa shape index (κ1) is 24.7. The molecule has 0 bridgehead atoms. The molecule has 1 aromatic rings. The van der Waals surface area contributed by atoms with Crippen LogP contribution in [0.25, 0.3) is 0 Å². The summed E-state index contributed by atoms with van der Waals surface area (Å²) in [6.45, 7) is 13.9. The number of guanidine groups is 1. The Morgan fingerprint density at radius 3 is 2.52 bits per heavy atom. The number of nitrogens with one attached hydrogen (secondary N) is 2. The average molecular weight is 481 g/mol. The first-order chi connectivity index (χ1) is 11.4. The molecule has 0 aliphatic carbocycles. The molecule has 0 aliphatic heterocycles. The van der Waals surface area contributed by atoms with Gasteiger partial charge in [-0.25, -0.2) is 0 Å². The second kappa shape index (κ2) is 13.8. The highest BCUT2D eigenvalue weighted by atomic mass is 127. The fourth-order valence-corrected chi connectivity index (χ4v) is 3.44. The molecule has 4 nitrogen and oxygen atoms in total. The lowest BCUT2D eigenvalue weighted by Crippen LogP contribution is -2.43. The van der Waals surface area contributed by atoms with Gasteiger partial charge in [0.25, 0.3) is 0 Å². The fourth-order valence-electron chi connectivity index (χ4n) is 2.42. The Labute approximate surface area is 175 Å². The zero-order chi connectivity index (χ0) is 17.9. The van der Waals surface area contributed by atoms with Crippen LogP contribution >= 0.6 is 35.3 Å². The van der Waals surface area contributed by atoms with Crippen molar-refractivity contribution in [2.75, 3.05) is 26.7 Å². The standard InChI is InChI=1S/C19H36N4S.HI/c1-7-20-19(21-12-8-9-13-23(6)15(2)3)22-16(4)14-18-11-10-17(5)24-18;/h10-11,15-16H,7-9,12-14H2,1-6H3,(H2,20,21,22);1H. The number of hydrogen-bond donors (Lipinski definition) is 2. The van der Waals surface area contributed by atoms with E-state index < -0.39 is 0 Å². The van der Waals surface area contributed by atoms with E-state index in [1.165, 1.54) is 16.2 Å². The van der Waals surface area contributed by atoms with Gasteiger partial charge in [0.1, 0.15) is 0 Å². The van der Waals surface area contributed by atoms with E-state index in [4.69, 9.17) is 4.99 Å². The van der Waals surface area contributed by atoms with Crippen LogP contribution < -0.4 is 10.6 Å². The van der Waals surface area contributed by atoms with Crippen LogP contribution in [0.3, 0.4) is 0 Å². The lowest BCUT2D eigenvalue weighted by atomic mass is 10.2. The van der Waals surface area contributed by atoms with E-state index in [0.29, 0.717) is 12.1 Å². The van der Waals surface area contributed by atoms with Crippen LogP contribution in [-0.2, 0) is 6.42 Å². The van der Waals surface area contributed by atoms with E-state index in [9.17, 15) is 0 Å². The lowest BCUT2D eigenvalue weighted by molar-refractivity contribution is 0.269. The van der Waals surface area contributed by atoms with Gasteiger partial charge >= 0.3 is 0 Å². The fraction of sp³-hybridized carbons (Fsp3) is 0.737. The summed E-state index contributed by atoms with van der Waals surface area (Å²) >= 11 is 1.88. The van der Waals surface area contributed by atoms with Gasteiger partial charge < -0.3 is 15.5 Å². The van der Waals surface area contributed by atoms with Gasteiger partial charge in [-0.05, 0) is 73.2 Å². The second-order valence-electron chi connectivity index (χ2n) is 6.80. The van der Waals surface area contributed by atoms with E-state index in [2.05, 4.69) is 69.3 Å². The largest absolute Gasteiger partial charge is 0.357 e. The van der Waals surface area contributed by atoms with Crippen molar-refractivity contribution in [2.45, 2.75) is 66.0 Å². The summed E-state index contributed by atoms with van der Waals surface area (Å²) in [5.41, 5.74) is 0. The summed E-state index contributed by atoms with van der Waals surface area (Å²) in [7, 11) is 2.19. The molecule has 1 rings (SSSR count). The van der Waals surface area contributed by atoms with Gasteiger partial charge in [0, 0.05) is 41.3 Å². The number of halogens is 1. The predicted molar refractivity (Wildman–Crippen MR) is 124 cm³/mol. The van der Waals surface area contributed by atoms with Gasteiger partial charge in [-0.2, -0.15) is 0 Å². The molecule has 0 aromatic carbocycles. The van der Waals surface area contributed by atoms with Crippen molar-refractivity contribution >= 4 is 41.3 Å². The van der Waals surface area contributed by atoms with Crippen molar-refractivity contribution in [3.05, 3.63) is 21.9 Å². The van der Waals surface area contributed by atoms with Crippen LogP contribution in [0.1, 0.15) is 50.3 Å². The molecule has 1 aromatic heterocycles. The molecule has 146 valence electrons. The molecule has 0 fully saturated rings. The summed E-state index contributed by atoms with van der Waals surface area (Å²) in [5.74, 6) is 0.940. The zero-order valence-electron chi connectivity index (χ0n) is 16.8. The van der Waals surface area contributed by atoms with Crippen molar-refractivity contribution in [1.29, 1.82) is 0 Å². The van der Waals surface area contributed by atoms with Crippen molar-refractivity contribution in [3.63, 3.8) is 0 Å². The predicted octanol–water partition coefficient (Wildman–Crippen LogP) is 4.28. The molecule has 1 heterocycles. The smallest absolute Gasteiger partial charge is 0.191 e. The van der Waals surface area contributed by atoms with E-state index in [1.54, 1.807) is 0 Å². The summed E-state index contributed by atoms with van der Waals surface area (Å²) in [4.78, 5) is 9.92. The van der Waals surface area contributed by atoms with Gasteiger partial charge in [-0.3, -0.25) is 4.99 Å². The third kappa shape index (κ3) is 11.1. The Balaban J connectivity index is 0.00000576. The number of aliphatic imine (C=N–C) groups is 1. The molecular formula is C19H37IN4S. The van der Waals surface area contributed by atoms with Crippen molar-refractivity contribution in [2.24, 2.45) is 4.99 Å². The van der Waals surface area contributed by atoms with Gasteiger partial charge in [0.15, 0.2) is 5.96 Å². The third-order valence-electron chi connectivity index (χ3n) is 4.10. The maximum absolute atomic E-state index is 4.72. The summed E-state index contributed by atoms with van der Waals surface area (Å²) in [6, 6.07) is 5.43. The Morgan fingerprint density at radius 2 is 1.96 bits per heavy atom. The minimum absolute atomic E-state index is 0. The number of unbranched alkanes of at least 4 members (excludes halogenated alkanes) is 1. The van der Waals surface area contributed by atoms with Gasteiger partial charge in [0.2, 0.25) is 0 Å². The molecule has 6 heteroatoms. The summed E-state index contributed by atoms with van der Waals surface area (Å²) < 4.78 is 0. The number of nitrogens with zero attached hydrogens (tertiary/aromatic N) is 2. The molecule has 25 heavy (non-hydrogen) atoms. The van der Waals surface area contributed by atoms with E-state index in [1.807, 2.05) is 11.3 Å². The van der Waals surface area contributed by atoms with Crippen LogP contribution in [0, 0.1) is 6.92 Å². The van der Waals surface area contributed by atoms with E-state index >= 15 is 0 Å². The molecule has 0 amide bonds. The Hall–Kier alpha value is -0.340. The molecular weight excluding hydrogens is 443 g/mol. The molecule has 0 saturated carbocycles. The molecule has 1 atom stereocenters. The second-order valence-corrected chi connectivity index (χ2v) is 8.18.